The number of anilines is 3. The molecule has 0 amide bonds. The molecular weight excluding hydrogens is 484 g/mol. The van der Waals surface area contributed by atoms with E-state index in [1.807, 2.05) is 24.4 Å². The van der Waals surface area contributed by atoms with Gasteiger partial charge in [-0.25, -0.2) is 13.4 Å². The molecule has 0 bridgehead atoms. The molecule has 180 valence electrons. The zero-order valence-electron chi connectivity index (χ0n) is 19.0. The van der Waals surface area contributed by atoms with Crippen molar-refractivity contribution in [2.24, 2.45) is 0 Å². The molecule has 0 aliphatic carbocycles. The maximum absolute atomic E-state index is 13.4. The van der Waals surface area contributed by atoms with Crippen LogP contribution in [0.1, 0.15) is 31.4 Å². The topological polar surface area (TPSA) is 129 Å². The van der Waals surface area contributed by atoms with E-state index in [0.29, 0.717) is 29.5 Å². The van der Waals surface area contributed by atoms with Gasteiger partial charge in [-0.3, -0.25) is 15.0 Å². The first kappa shape index (κ1) is 21.2. The molecule has 4 aromatic rings. The van der Waals surface area contributed by atoms with Gasteiger partial charge in [0.1, 0.15) is 15.5 Å². The Bertz CT molecular complexity index is 1520. The fourth-order valence-electron chi connectivity index (χ4n) is 6.12. The third-order valence-corrected chi connectivity index (χ3v) is 10.7. The van der Waals surface area contributed by atoms with Crippen molar-refractivity contribution in [3.8, 4) is 0 Å². The maximum Gasteiger partial charge on any atom is 0.226 e. The second-order valence-corrected chi connectivity index (χ2v) is 12.8. The number of piperidine rings is 2. The number of nitrogens with one attached hydrogen (secondary N) is 3. The predicted molar refractivity (Wildman–Crippen MR) is 133 cm³/mol. The molecule has 3 aliphatic heterocycles. The SMILES string of the molecule is Cc1cc(Nc2nc(NC3C[C@@H]4CC5(S(=O)(=O)c6cccnc6)C[C@H](C3)N45)nc3sccc23)n[nH]1. The summed E-state index contributed by atoms with van der Waals surface area (Å²) in [6, 6.07) is 7.98. The van der Waals surface area contributed by atoms with E-state index in [2.05, 4.69) is 30.7 Å². The lowest BCUT2D eigenvalue weighted by Crippen LogP contribution is -2.83. The lowest BCUT2D eigenvalue weighted by molar-refractivity contribution is -0.173. The quantitative estimate of drug-likeness (QED) is 0.359. The largest absolute Gasteiger partial charge is 0.351 e. The molecule has 0 spiro atoms. The van der Waals surface area contributed by atoms with Crippen LogP contribution in [-0.2, 0) is 9.84 Å². The third-order valence-electron chi connectivity index (χ3n) is 7.54. The number of thiophene rings is 1. The number of hydrogen-bond acceptors (Lipinski definition) is 10. The van der Waals surface area contributed by atoms with Crippen LogP contribution in [0.25, 0.3) is 10.2 Å². The maximum atomic E-state index is 13.4. The van der Waals surface area contributed by atoms with Crippen LogP contribution in [0, 0.1) is 6.92 Å². The number of pyridine rings is 1. The lowest BCUT2D eigenvalue weighted by Gasteiger charge is -2.72. The summed E-state index contributed by atoms with van der Waals surface area (Å²) in [4.78, 5) is 16.2. The van der Waals surface area contributed by atoms with Gasteiger partial charge in [-0.2, -0.15) is 10.1 Å². The third kappa shape index (κ3) is 3.13. The summed E-state index contributed by atoms with van der Waals surface area (Å²) in [5.41, 5.74) is 0.968. The van der Waals surface area contributed by atoms with Crippen molar-refractivity contribution in [3.05, 3.63) is 47.7 Å². The Balaban J connectivity index is 1.09. The van der Waals surface area contributed by atoms with Crippen LogP contribution in [0.4, 0.5) is 17.6 Å². The predicted octanol–water partition coefficient (Wildman–Crippen LogP) is 3.45. The molecule has 12 heteroatoms. The number of aromatic nitrogens is 5. The second kappa shape index (κ2) is 7.45. The van der Waals surface area contributed by atoms with Crippen LogP contribution in [0.15, 0.2) is 46.9 Å². The normalized spacial score (nSPS) is 27.6. The van der Waals surface area contributed by atoms with Crippen LogP contribution in [0.2, 0.25) is 0 Å². The molecule has 4 atom stereocenters. The van der Waals surface area contributed by atoms with Gasteiger partial charge >= 0.3 is 0 Å². The standard InChI is InChI=1S/C23H24N8O2S2/c1-13-7-19(30-29-13)26-20-18-4-6-34-21(18)28-22(27-20)25-14-8-15-10-23(11-16(9-14)31(15)23)35(32,33)17-3-2-5-24-12-17/h2-7,12,14-16H,8-11H2,1H3,(H3,25,26,27,28,29,30)/t14?,15-,16+,23?. The highest BCUT2D eigenvalue weighted by atomic mass is 32.2. The van der Waals surface area contributed by atoms with Crippen molar-refractivity contribution in [3.63, 3.8) is 0 Å². The van der Waals surface area contributed by atoms with E-state index in [4.69, 9.17) is 9.97 Å². The van der Waals surface area contributed by atoms with Crippen molar-refractivity contribution in [2.45, 2.75) is 60.5 Å². The first-order valence-electron chi connectivity index (χ1n) is 11.7. The van der Waals surface area contributed by atoms with Gasteiger partial charge < -0.3 is 10.6 Å². The number of rotatable bonds is 6. The molecule has 10 nitrogen and oxygen atoms in total. The summed E-state index contributed by atoms with van der Waals surface area (Å²) in [6.07, 6.45) is 6.13. The van der Waals surface area contributed by atoms with Gasteiger partial charge in [-0.05, 0) is 56.2 Å². The van der Waals surface area contributed by atoms with Crippen LogP contribution < -0.4 is 10.6 Å². The van der Waals surface area contributed by atoms with Gasteiger partial charge in [-0.1, -0.05) is 0 Å². The van der Waals surface area contributed by atoms with Crippen molar-refractivity contribution in [2.75, 3.05) is 10.6 Å². The summed E-state index contributed by atoms with van der Waals surface area (Å²) in [6.45, 7) is 1.95. The minimum Gasteiger partial charge on any atom is -0.351 e. The van der Waals surface area contributed by atoms with Crippen LogP contribution in [0.5, 0.6) is 0 Å². The van der Waals surface area contributed by atoms with Gasteiger partial charge in [0.25, 0.3) is 0 Å². The molecular formula is C23H24N8O2S2. The molecule has 3 fully saturated rings. The molecule has 0 aromatic carbocycles. The molecule has 2 unspecified atom stereocenters. The van der Waals surface area contributed by atoms with Gasteiger partial charge in [0, 0.05) is 42.3 Å². The number of fused-ring (bicyclic) bond motifs is 1. The Morgan fingerprint density at radius 1 is 1.20 bits per heavy atom. The first-order valence-corrected chi connectivity index (χ1v) is 14.0. The molecule has 0 saturated carbocycles. The molecule has 4 aromatic heterocycles. The van der Waals surface area contributed by atoms with E-state index < -0.39 is 14.7 Å². The number of H-pyrrole nitrogens is 1. The van der Waals surface area contributed by atoms with E-state index in [0.717, 1.165) is 34.6 Å². The number of nitrogens with zero attached hydrogens (tertiary/aromatic N) is 5. The number of aromatic amines is 1. The first-order chi connectivity index (χ1) is 16.9. The second-order valence-electron chi connectivity index (χ2n) is 9.67. The number of aryl methyl sites for hydroxylation is 1. The monoisotopic (exact) mass is 508 g/mol. The van der Waals surface area contributed by atoms with Crippen molar-refractivity contribution < 1.29 is 8.42 Å². The minimum absolute atomic E-state index is 0.193. The Hall–Kier alpha value is -3.09. The van der Waals surface area contributed by atoms with Crippen LogP contribution >= 0.6 is 11.3 Å². The molecule has 7 heterocycles. The van der Waals surface area contributed by atoms with E-state index in [-0.39, 0.29) is 18.1 Å². The molecule has 7 rings (SSSR count). The molecule has 3 N–H and O–H groups in total. The molecule has 0 radical (unpaired) electrons. The summed E-state index contributed by atoms with van der Waals surface area (Å²) in [7, 11) is -3.43. The summed E-state index contributed by atoms with van der Waals surface area (Å²) in [5.74, 6) is 2.01. The highest BCUT2D eigenvalue weighted by molar-refractivity contribution is 7.93. The van der Waals surface area contributed by atoms with E-state index in [9.17, 15) is 8.42 Å². The lowest BCUT2D eigenvalue weighted by atomic mass is 9.68. The zero-order valence-corrected chi connectivity index (χ0v) is 20.6. The fraction of sp³-hybridized carbons (Fsp3) is 0.391. The smallest absolute Gasteiger partial charge is 0.226 e. The summed E-state index contributed by atoms with van der Waals surface area (Å²) < 4.78 is 26.7. The Kier molecular flexibility index (Phi) is 4.52. The van der Waals surface area contributed by atoms with Gasteiger partial charge in [0.05, 0.1) is 10.3 Å². The highest BCUT2D eigenvalue weighted by Crippen LogP contribution is 2.60. The van der Waals surface area contributed by atoms with E-state index >= 15 is 0 Å². The zero-order chi connectivity index (χ0) is 23.8. The van der Waals surface area contributed by atoms with Crippen molar-refractivity contribution in [1.29, 1.82) is 0 Å². The van der Waals surface area contributed by atoms with Gasteiger partial charge in [0.2, 0.25) is 5.95 Å². The van der Waals surface area contributed by atoms with E-state index in [1.165, 1.54) is 6.20 Å². The summed E-state index contributed by atoms with van der Waals surface area (Å²) >= 11 is 1.57. The van der Waals surface area contributed by atoms with Gasteiger partial charge in [0.15, 0.2) is 15.7 Å². The average molecular weight is 509 g/mol. The fourth-order valence-corrected chi connectivity index (χ4v) is 9.17. The van der Waals surface area contributed by atoms with Gasteiger partial charge in [-0.15, -0.1) is 11.3 Å². The molecule has 3 aliphatic rings. The number of hydrogen-bond donors (Lipinski definition) is 3. The van der Waals surface area contributed by atoms with E-state index in [1.54, 1.807) is 29.7 Å². The highest BCUT2D eigenvalue weighted by Gasteiger charge is 2.71. The van der Waals surface area contributed by atoms with Crippen molar-refractivity contribution >= 4 is 49.0 Å². The van der Waals surface area contributed by atoms with Crippen LogP contribution in [-0.4, -0.2) is 61.5 Å². The Labute approximate surface area is 206 Å². The minimum atomic E-state index is -3.43. The van der Waals surface area contributed by atoms with Crippen LogP contribution in [0.3, 0.4) is 0 Å². The average Bonchev–Trinajstić information content (AvgIpc) is 3.45. The molecule has 3 saturated heterocycles. The summed E-state index contributed by atoms with van der Waals surface area (Å²) in [5, 5.41) is 17.0. The molecule has 35 heavy (non-hydrogen) atoms. The number of sulfone groups is 1. The Morgan fingerprint density at radius 2 is 2.03 bits per heavy atom. The Morgan fingerprint density at radius 3 is 2.74 bits per heavy atom. The van der Waals surface area contributed by atoms with Crippen molar-refractivity contribution in [1.82, 2.24) is 30.0 Å².